The minimum atomic E-state index is 0.379. The van der Waals surface area contributed by atoms with Gasteiger partial charge in [-0.1, -0.05) is 48.5 Å². The standard InChI is InChI=1S/C11H23/c1-8(2)9(3)10(4)11(5,6)7/h8-9H,1-7H3. The molecule has 0 aromatic rings. The van der Waals surface area contributed by atoms with E-state index >= 15 is 0 Å². The lowest BCUT2D eigenvalue weighted by molar-refractivity contribution is 0.306. The molecule has 0 aliphatic rings. The number of rotatable bonds is 2. The highest BCUT2D eigenvalue weighted by Crippen LogP contribution is 2.36. The van der Waals surface area contributed by atoms with Gasteiger partial charge in [-0.2, -0.15) is 0 Å². The van der Waals surface area contributed by atoms with E-state index in [0.29, 0.717) is 5.41 Å². The molecule has 0 saturated carbocycles. The zero-order valence-electron chi connectivity index (χ0n) is 9.15. The highest BCUT2D eigenvalue weighted by molar-refractivity contribution is 5.00. The van der Waals surface area contributed by atoms with Crippen molar-refractivity contribution in [3.05, 3.63) is 5.92 Å². The van der Waals surface area contributed by atoms with Crippen molar-refractivity contribution in [1.29, 1.82) is 0 Å². The first-order valence-electron chi connectivity index (χ1n) is 4.60. The molecule has 0 aromatic carbocycles. The van der Waals surface area contributed by atoms with Gasteiger partial charge in [0.1, 0.15) is 0 Å². The molecule has 0 nitrogen and oxygen atoms in total. The second kappa shape index (κ2) is 3.60. The van der Waals surface area contributed by atoms with Gasteiger partial charge in [0.25, 0.3) is 0 Å². The fourth-order valence-corrected chi connectivity index (χ4v) is 1.18. The molecule has 1 radical (unpaired) electrons. The lowest BCUT2D eigenvalue weighted by Gasteiger charge is -2.34. The average molecular weight is 155 g/mol. The van der Waals surface area contributed by atoms with Crippen molar-refractivity contribution in [2.45, 2.75) is 48.5 Å². The summed E-state index contributed by atoms with van der Waals surface area (Å²) in [7, 11) is 0. The van der Waals surface area contributed by atoms with Crippen molar-refractivity contribution in [2.75, 3.05) is 0 Å². The zero-order chi connectivity index (χ0) is 9.23. The number of hydrogen-bond acceptors (Lipinski definition) is 0. The van der Waals surface area contributed by atoms with Gasteiger partial charge in [0.05, 0.1) is 0 Å². The number of hydrogen-bond donors (Lipinski definition) is 0. The monoisotopic (exact) mass is 155 g/mol. The Morgan fingerprint density at radius 3 is 1.45 bits per heavy atom. The lowest BCUT2D eigenvalue weighted by Crippen LogP contribution is -2.24. The third-order valence-corrected chi connectivity index (χ3v) is 2.87. The molecule has 11 heavy (non-hydrogen) atoms. The summed E-state index contributed by atoms with van der Waals surface area (Å²) in [6, 6.07) is 0. The van der Waals surface area contributed by atoms with Crippen molar-refractivity contribution in [3.63, 3.8) is 0 Å². The van der Waals surface area contributed by atoms with Crippen LogP contribution >= 0.6 is 0 Å². The van der Waals surface area contributed by atoms with Gasteiger partial charge in [-0.05, 0) is 23.2 Å². The van der Waals surface area contributed by atoms with Gasteiger partial charge in [-0.15, -0.1) is 0 Å². The Hall–Kier alpha value is 0. The third-order valence-electron chi connectivity index (χ3n) is 2.87. The fraction of sp³-hybridized carbons (Fsp3) is 0.909. The molecule has 1 unspecified atom stereocenters. The maximum atomic E-state index is 2.32. The topological polar surface area (TPSA) is 0 Å². The minimum absolute atomic E-state index is 0.379. The maximum absolute atomic E-state index is 2.32. The summed E-state index contributed by atoms with van der Waals surface area (Å²) in [6.45, 7) is 16.1. The van der Waals surface area contributed by atoms with E-state index in [9.17, 15) is 0 Å². The minimum Gasteiger partial charge on any atom is -0.0625 e. The van der Waals surface area contributed by atoms with Gasteiger partial charge in [-0.25, -0.2) is 0 Å². The second-order valence-corrected chi connectivity index (χ2v) is 4.97. The predicted molar refractivity (Wildman–Crippen MR) is 52.4 cm³/mol. The Bertz CT molecular complexity index is 106. The Morgan fingerprint density at radius 1 is 1.00 bits per heavy atom. The molecule has 0 aliphatic carbocycles. The molecule has 0 saturated heterocycles. The molecule has 0 aliphatic heterocycles. The lowest BCUT2D eigenvalue weighted by atomic mass is 9.71. The average Bonchev–Trinajstić information content (AvgIpc) is 1.82. The van der Waals surface area contributed by atoms with E-state index in [1.807, 2.05) is 0 Å². The first kappa shape index (κ1) is 11.0. The molecule has 0 N–H and O–H groups in total. The molecule has 0 amide bonds. The van der Waals surface area contributed by atoms with Crippen LogP contribution in [0.3, 0.4) is 0 Å². The summed E-state index contributed by atoms with van der Waals surface area (Å²) in [5.74, 6) is 3.14. The summed E-state index contributed by atoms with van der Waals surface area (Å²) in [4.78, 5) is 0. The van der Waals surface area contributed by atoms with Crippen molar-refractivity contribution in [3.8, 4) is 0 Å². The van der Waals surface area contributed by atoms with Gasteiger partial charge in [-0.3, -0.25) is 0 Å². The van der Waals surface area contributed by atoms with Gasteiger partial charge < -0.3 is 0 Å². The van der Waals surface area contributed by atoms with Crippen molar-refractivity contribution in [2.24, 2.45) is 17.3 Å². The normalized spacial score (nSPS) is 16.1. The van der Waals surface area contributed by atoms with Crippen LogP contribution in [0.2, 0.25) is 0 Å². The molecule has 0 heteroatoms. The van der Waals surface area contributed by atoms with E-state index in [0.717, 1.165) is 11.8 Å². The van der Waals surface area contributed by atoms with Crippen molar-refractivity contribution < 1.29 is 0 Å². The van der Waals surface area contributed by atoms with E-state index in [1.165, 1.54) is 0 Å². The molecule has 0 aromatic heterocycles. The van der Waals surface area contributed by atoms with Gasteiger partial charge in [0.15, 0.2) is 0 Å². The van der Waals surface area contributed by atoms with E-state index in [1.54, 1.807) is 5.92 Å². The van der Waals surface area contributed by atoms with Gasteiger partial charge >= 0.3 is 0 Å². The highest BCUT2D eigenvalue weighted by Gasteiger charge is 2.27. The fourth-order valence-electron chi connectivity index (χ4n) is 1.18. The largest absolute Gasteiger partial charge is 0.0625 e. The van der Waals surface area contributed by atoms with Crippen LogP contribution in [0.15, 0.2) is 0 Å². The van der Waals surface area contributed by atoms with Gasteiger partial charge in [0, 0.05) is 0 Å². The Labute approximate surface area is 72.4 Å². The van der Waals surface area contributed by atoms with Crippen LogP contribution in [0, 0.1) is 23.2 Å². The third kappa shape index (κ3) is 3.27. The summed E-state index contributed by atoms with van der Waals surface area (Å²) in [5, 5.41) is 0. The molecule has 0 heterocycles. The van der Waals surface area contributed by atoms with E-state index in [-0.39, 0.29) is 0 Å². The Morgan fingerprint density at radius 2 is 1.36 bits per heavy atom. The quantitative estimate of drug-likeness (QED) is 0.567. The second-order valence-electron chi connectivity index (χ2n) is 4.97. The summed E-state index contributed by atoms with van der Waals surface area (Å²) >= 11 is 0. The predicted octanol–water partition coefficient (Wildman–Crippen LogP) is 3.92. The SMILES string of the molecule is C[C](C(C)C(C)C)C(C)(C)C. The summed E-state index contributed by atoms with van der Waals surface area (Å²) in [5.41, 5.74) is 0.379. The highest BCUT2D eigenvalue weighted by atomic mass is 14.3. The first-order chi connectivity index (χ1) is 4.76. The maximum Gasteiger partial charge on any atom is -0.0188 e. The molecular formula is C11H23. The summed E-state index contributed by atoms with van der Waals surface area (Å²) in [6.07, 6.45) is 0. The van der Waals surface area contributed by atoms with Crippen molar-refractivity contribution in [1.82, 2.24) is 0 Å². The van der Waals surface area contributed by atoms with E-state index in [4.69, 9.17) is 0 Å². The van der Waals surface area contributed by atoms with E-state index < -0.39 is 0 Å². The zero-order valence-corrected chi connectivity index (χ0v) is 9.15. The van der Waals surface area contributed by atoms with E-state index in [2.05, 4.69) is 48.5 Å². The molecule has 0 fully saturated rings. The molecule has 67 valence electrons. The Kier molecular flexibility index (Phi) is 3.60. The van der Waals surface area contributed by atoms with Crippen LogP contribution in [0.1, 0.15) is 48.5 Å². The first-order valence-corrected chi connectivity index (χ1v) is 4.60. The smallest absolute Gasteiger partial charge is 0.0188 e. The summed E-state index contributed by atoms with van der Waals surface area (Å²) < 4.78 is 0. The van der Waals surface area contributed by atoms with Crippen LogP contribution < -0.4 is 0 Å². The van der Waals surface area contributed by atoms with Crippen LogP contribution in [-0.4, -0.2) is 0 Å². The van der Waals surface area contributed by atoms with Crippen LogP contribution in [-0.2, 0) is 0 Å². The molecule has 0 rings (SSSR count). The molecule has 0 spiro atoms. The molecule has 0 bridgehead atoms. The van der Waals surface area contributed by atoms with Gasteiger partial charge in [0.2, 0.25) is 0 Å². The van der Waals surface area contributed by atoms with Crippen LogP contribution in [0.4, 0.5) is 0 Å². The van der Waals surface area contributed by atoms with Crippen molar-refractivity contribution >= 4 is 0 Å². The van der Waals surface area contributed by atoms with Crippen LogP contribution in [0.5, 0.6) is 0 Å². The van der Waals surface area contributed by atoms with Crippen LogP contribution in [0.25, 0.3) is 0 Å². The molecular weight excluding hydrogens is 132 g/mol. The Balaban J connectivity index is 4.13. The molecule has 1 atom stereocenters.